The van der Waals surface area contributed by atoms with Gasteiger partial charge in [-0.15, -0.1) is 0 Å². The number of hydrogen-bond acceptors (Lipinski definition) is 8. The van der Waals surface area contributed by atoms with Gasteiger partial charge in [0.15, 0.2) is 0 Å². The van der Waals surface area contributed by atoms with Gasteiger partial charge in [-0.1, -0.05) is 12.2 Å². The van der Waals surface area contributed by atoms with E-state index in [2.05, 4.69) is 54.4 Å². The predicted molar refractivity (Wildman–Crippen MR) is 178 cm³/mol. The van der Waals surface area contributed by atoms with Crippen LogP contribution in [0.15, 0.2) is 84.5 Å². The number of piperazine rings is 1. The van der Waals surface area contributed by atoms with Crippen LogP contribution < -0.4 is 15.0 Å². The Labute approximate surface area is 276 Å². The van der Waals surface area contributed by atoms with Crippen molar-refractivity contribution in [3.63, 3.8) is 0 Å². The summed E-state index contributed by atoms with van der Waals surface area (Å²) in [6, 6.07) is 8.34. The van der Waals surface area contributed by atoms with Crippen LogP contribution >= 0.6 is 0 Å². The Hall–Kier alpha value is -3.70. The fraction of sp³-hybridized carbons (Fsp3) is 0.556. The van der Waals surface area contributed by atoms with Crippen LogP contribution in [-0.2, 0) is 11.3 Å². The third-order valence-corrected chi connectivity index (χ3v) is 10.7. The first-order chi connectivity index (χ1) is 22.8. The van der Waals surface area contributed by atoms with Gasteiger partial charge in [-0.3, -0.25) is 10.00 Å². The monoisotopic (exact) mass is 647 g/mol. The average molecular weight is 648 g/mol. The molecule has 252 valence electrons. The van der Waals surface area contributed by atoms with Gasteiger partial charge in [-0.25, -0.2) is 13.8 Å². The van der Waals surface area contributed by atoms with Crippen LogP contribution in [0.3, 0.4) is 0 Å². The molecular formula is C36H47F2N7O2. The van der Waals surface area contributed by atoms with Crippen molar-refractivity contribution < 1.29 is 18.3 Å². The third kappa shape index (κ3) is 6.32. The Bertz CT molecular complexity index is 1510. The highest BCUT2D eigenvalue weighted by Crippen LogP contribution is 2.70. The fourth-order valence-corrected chi connectivity index (χ4v) is 8.25. The summed E-state index contributed by atoms with van der Waals surface area (Å²) < 4.78 is 44.7. The second-order valence-electron chi connectivity index (χ2n) is 13.7. The van der Waals surface area contributed by atoms with Gasteiger partial charge in [0.05, 0.1) is 37.7 Å². The number of hydrogen-bond donors (Lipinski definition) is 1. The molecule has 0 amide bonds. The summed E-state index contributed by atoms with van der Waals surface area (Å²) in [7, 11) is 0. The van der Waals surface area contributed by atoms with Gasteiger partial charge in [-0.05, 0) is 75.6 Å². The topological polar surface area (TPSA) is 70.9 Å². The van der Waals surface area contributed by atoms with Gasteiger partial charge >= 0.3 is 0 Å². The molecule has 3 aliphatic heterocycles. The third-order valence-electron chi connectivity index (χ3n) is 10.7. The predicted octanol–water partition coefficient (Wildman–Crippen LogP) is 5.23. The Morgan fingerprint density at radius 1 is 1.06 bits per heavy atom. The molecule has 2 unspecified atom stereocenters. The highest BCUT2D eigenvalue weighted by Gasteiger charge is 2.77. The van der Waals surface area contributed by atoms with E-state index in [0.717, 1.165) is 70.6 Å². The number of alkyl halides is 1. The van der Waals surface area contributed by atoms with Crippen molar-refractivity contribution >= 4 is 5.69 Å². The van der Waals surface area contributed by atoms with Gasteiger partial charge in [-0.2, -0.15) is 5.10 Å². The maximum Gasteiger partial charge on any atom is 0.144 e. The molecule has 4 atom stereocenters. The summed E-state index contributed by atoms with van der Waals surface area (Å²) in [5.74, 6) is 0.317. The van der Waals surface area contributed by atoms with E-state index in [1.54, 1.807) is 11.0 Å². The molecule has 3 saturated heterocycles. The zero-order valence-electron chi connectivity index (χ0n) is 27.6. The molecule has 1 N–H and O–H groups in total. The minimum Gasteiger partial charge on any atom is -0.493 e. The molecular weight excluding hydrogens is 600 g/mol. The highest BCUT2D eigenvalue weighted by molar-refractivity contribution is 5.49. The molecule has 47 heavy (non-hydrogen) atoms. The van der Waals surface area contributed by atoms with Crippen molar-refractivity contribution in [2.24, 2.45) is 11.3 Å². The molecule has 0 bridgehead atoms. The van der Waals surface area contributed by atoms with E-state index in [-0.39, 0.29) is 12.3 Å². The zero-order chi connectivity index (χ0) is 32.5. The molecule has 0 radical (unpaired) electrons. The minimum atomic E-state index is -1.82. The molecule has 5 aliphatic rings. The summed E-state index contributed by atoms with van der Waals surface area (Å²) in [5, 5.41) is 7.71. The number of halogens is 2. The molecule has 1 saturated carbocycles. The number of benzene rings is 1. The lowest BCUT2D eigenvalue weighted by Gasteiger charge is -2.39. The molecule has 9 nitrogen and oxygen atoms in total. The van der Waals surface area contributed by atoms with Crippen LogP contribution in [0.2, 0.25) is 0 Å². The van der Waals surface area contributed by atoms with Crippen molar-refractivity contribution in [3.8, 4) is 5.75 Å². The highest BCUT2D eigenvalue weighted by atomic mass is 19.1. The van der Waals surface area contributed by atoms with Crippen molar-refractivity contribution in [2.45, 2.75) is 57.3 Å². The Morgan fingerprint density at radius 2 is 1.81 bits per heavy atom. The summed E-state index contributed by atoms with van der Waals surface area (Å²) >= 11 is 0. The van der Waals surface area contributed by atoms with E-state index in [1.807, 2.05) is 31.2 Å². The summed E-state index contributed by atoms with van der Waals surface area (Å²) in [5.41, 5.74) is 0.379. The molecule has 11 heteroatoms. The largest absolute Gasteiger partial charge is 0.493 e. The Morgan fingerprint density at radius 3 is 2.45 bits per heavy atom. The number of nitrogens with zero attached hydrogens (tertiary/aromatic N) is 6. The molecule has 4 heterocycles. The van der Waals surface area contributed by atoms with Crippen molar-refractivity contribution in [1.29, 1.82) is 0 Å². The SMILES string of the molecule is C/C=C\C1([C@@]2(Cn3cncn3)C[C@H](COc3ccc(N4CCN(C5=CC=C(N6CCNC6)CC5)CC4)cc3)CO2)CC1(F)/C=C(\C)F. The van der Waals surface area contributed by atoms with Gasteiger partial charge in [0, 0.05) is 68.7 Å². The molecule has 1 aromatic heterocycles. The number of aromatic nitrogens is 3. The molecule has 0 spiro atoms. The lowest BCUT2D eigenvalue weighted by molar-refractivity contribution is -0.0681. The summed E-state index contributed by atoms with van der Waals surface area (Å²) in [6.45, 7) is 11.5. The standard InChI is InChI=1S/C36H47F2N7O2/c1-3-12-34(23-35(34,38)19-28(2)37)36(24-45-27-40-25-41-45)20-29(22-47-36)21-46-33-10-8-31(9-11-33)43-17-15-42(16-18-43)30-4-6-32(7-5-30)44-14-13-39-26-44/h3-4,6,8-12,19,25,27,29,39H,5,7,13-18,20-24,26H2,1-2H3/b12-3-,28-19+/t29-,34?,35?,36+/m1/s1. The van der Waals surface area contributed by atoms with Crippen LogP contribution in [0.5, 0.6) is 5.75 Å². The van der Waals surface area contributed by atoms with E-state index >= 15 is 4.39 Å². The van der Waals surface area contributed by atoms with Crippen LogP contribution in [0, 0.1) is 11.3 Å². The lowest BCUT2D eigenvalue weighted by atomic mass is 9.76. The first-order valence-corrected chi connectivity index (χ1v) is 17.0. The van der Waals surface area contributed by atoms with E-state index < -0.39 is 22.5 Å². The maximum atomic E-state index is 16.2. The number of rotatable bonds is 11. The van der Waals surface area contributed by atoms with Crippen LogP contribution in [0.4, 0.5) is 14.5 Å². The van der Waals surface area contributed by atoms with E-state index in [1.165, 1.54) is 30.3 Å². The van der Waals surface area contributed by atoms with Crippen molar-refractivity contribution in [1.82, 2.24) is 29.9 Å². The number of ether oxygens (including phenoxy) is 2. The molecule has 2 aliphatic carbocycles. The number of allylic oxidation sites excluding steroid dienone is 7. The second-order valence-corrected chi connectivity index (χ2v) is 13.7. The maximum absolute atomic E-state index is 16.2. The smallest absolute Gasteiger partial charge is 0.144 e. The number of nitrogens with one attached hydrogen (secondary N) is 1. The van der Waals surface area contributed by atoms with Crippen LogP contribution in [0.25, 0.3) is 0 Å². The van der Waals surface area contributed by atoms with Gasteiger partial charge in [0.25, 0.3) is 0 Å². The molecule has 4 fully saturated rings. The normalized spacial score (nSPS) is 31.4. The average Bonchev–Trinajstić information content (AvgIpc) is 3.68. The van der Waals surface area contributed by atoms with Gasteiger partial charge in [0.2, 0.25) is 0 Å². The lowest BCUT2D eigenvalue weighted by Crippen LogP contribution is -2.46. The summed E-state index contributed by atoms with van der Waals surface area (Å²) in [4.78, 5) is 11.5. The van der Waals surface area contributed by atoms with Gasteiger partial charge in [0.1, 0.15) is 29.7 Å². The molecule has 2 aromatic rings. The number of anilines is 1. The van der Waals surface area contributed by atoms with Crippen LogP contribution in [0.1, 0.15) is 39.5 Å². The molecule has 1 aromatic carbocycles. The van der Waals surface area contributed by atoms with E-state index in [0.29, 0.717) is 26.2 Å². The van der Waals surface area contributed by atoms with E-state index in [9.17, 15) is 4.39 Å². The minimum absolute atomic E-state index is 0.0424. The second kappa shape index (κ2) is 13.1. The first-order valence-electron chi connectivity index (χ1n) is 17.0. The Kier molecular flexibility index (Phi) is 8.86. The van der Waals surface area contributed by atoms with E-state index in [4.69, 9.17) is 9.47 Å². The summed E-state index contributed by atoms with van der Waals surface area (Å²) in [6.07, 6.45) is 15.5. The van der Waals surface area contributed by atoms with Crippen LogP contribution in [-0.4, -0.2) is 95.0 Å². The van der Waals surface area contributed by atoms with Crippen molar-refractivity contribution in [2.75, 3.05) is 64.1 Å². The Balaban J connectivity index is 0.946. The van der Waals surface area contributed by atoms with Crippen molar-refractivity contribution in [3.05, 3.63) is 84.5 Å². The zero-order valence-corrected chi connectivity index (χ0v) is 27.6. The van der Waals surface area contributed by atoms with Gasteiger partial charge < -0.3 is 24.2 Å². The quantitative estimate of drug-likeness (QED) is 0.333. The molecule has 7 rings (SSSR count). The first kappa shape index (κ1) is 31.9. The fourth-order valence-electron chi connectivity index (χ4n) is 8.25.